The summed E-state index contributed by atoms with van der Waals surface area (Å²) in [6, 6.07) is 22.9. The van der Waals surface area contributed by atoms with Gasteiger partial charge in [0.15, 0.2) is 0 Å². The third-order valence-corrected chi connectivity index (χ3v) is 8.52. The number of carbonyl (C=O) groups excluding carboxylic acids is 2. The van der Waals surface area contributed by atoms with Crippen LogP contribution in [0.25, 0.3) is 11.1 Å². The normalized spacial score (nSPS) is 17.6. The Morgan fingerprint density at radius 1 is 0.974 bits per heavy atom. The maximum atomic E-state index is 13.2. The van der Waals surface area contributed by atoms with Crippen LogP contribution >= 0.6 is 0 Å². The van der Waals surface area contributed by atoms with E-state index >= 15 is 0 Å². The fourth-order valence-corrected chi connectivity index (χ4v) is 6.21. The second kappa shape index (κ2) is 12.2. The fourth-order valence-electron chi connectivity index (χ4n) is 4.54. The van der Waals surface area contributed by atoms with E-state index in [-0.39, 0.29) is 24.0 Å². The van der Waals surface area contributed by atoms with Crippen molar-refractivity contribution in [3.05, 3.63) is 103 Å². The van der Waals surface area contributed by atoms with Gasteiger partial charge >= 0.3 is 0 Å². The summed E-state index contributed by atoms with van der Waals surface area (Å²) >= 11 is 0. The lowest BCUT2D eigenvalue weighted by molar-refractivity contribution is -0.117. The summed E-state index contributed by atoms with van der Waals surface area (Å²) in [4.78, 5) is 24.2. The van der Waals surface area contributed by atoms with Crippen LogP contribution in [0.2, 0.25) is 0 Å². The van der Waals surface area contributed by atoms with Gasteiger partial charge in [-0.1, -0.05) is 61.2 Å². The van der Waals surface area contributed by atoms with E-state index in [0.717, 1.165) is 22.8 Å². The molecule has 2 atom stereocenters. The van der Waals surface area contributed by atoms with Crippen LogP contribution in [0.5, 0.6) is 0 Å². The molecule has 0 aromatic heterocycles. The van der Waals surface area contributed by atoms with Gasteiger partial charge in [0.25, 0.3) is 5.91 Å². The van der Waals surface area contributed by atoms with Crippen LogP contribution in [-0.2, 0) is 21.2 Å². The topological polar surface area (TPSA) is 116 Å². The van der Waals surface area contributed by atoms with Crippen LogP contribution in [0.15, 0.2) is 96.4 Å². The van der Waals surface area contributed by atoms with Gasteiger partial charge in [0.05, 0.1) is 17.5 Å². The largest absolute Gasteiger partial charge is 0.395 e. The molecule has 1 aliphatic rings. The number of hydrogen-bond donors (Lipinski definition) is 3. The van der Waals surface area contributed by atoms with Crippen molar-refractivity contribution in [1.29, 1.82) is 0 Å². The van der Waals surface area contributed by atoms with E-state index in [1.807, 2.05) is 30.3 Å². The first-order valence-corrected chi connectivity index (χ1v) is 13.8. The number of nitrogens with one attached hydrogen (secondary N) is 2. The molecule has 3 aromatic rings. The number of benzene rings is 3. The number of amides is 2. The van der Waals surface area contributed by atoms with Crippen molar-refractivity contribution < 1.29 is 23.1 Å². The van der Waals surface area contributed by atoms with Crippen molar-refractivity contribution in [3.63, 3.8) is 0 Å². The highest BCUT2D eigenvalue weighted by atomic mass is 32.2. The molecule has 8 nitrogen and oxygen atoms in total. The second-order valence-corrected chi connectivity index (χ2v) is 11.0. The minimum Gasteiger partial charge on any atom is -0.395 e. The molecule has 3 N–H and O–H groups in total. The summed E-state index contributed by atoms with van der Waals surface area (Å²) in [6.45, 7) is 3.52. The van der Waals surface area contributed by atoms with Crippen molar-refractivity contribution >= 4 is 21.8 Å². The fraction of sp³-hybridized carbons (Fsp3) is 0.241. The Morgan fingerprint density at radius 3 is 2.26 bits per heavy atom. The Balaban J connectivity index is 1.33. The second-order valence-electron chi connectivity index (χ2n) is 9.15. The van der Waals surface area contributed by atoms with E-state index in [1.54, 1.807) is 0 Å². The van der Waals surface area contributed by atoms with E-state index in [4.69, 9.17) is 0 Å². The van der Waals surface area contributed by atoms with Gasteiger partial charge in [0.2, 0.25) is 15.9 Å². The lowest BCUT2D eigenvalue weighted by atomic mass is 10.0. The summed E-state index contributed by atoms with van der Waals surface area (Å²) in [6.07, 6.45) is 2.08. The maximum Gasteiger partial charge on any atom is 0.251 e. The molecule has 1 saturated heterocycles. The zero-order chi connectivity index (χ0) is 27.1. The quantitative estimate of drug-likeness (QED) is 0.347. The number of nitrogens with zero attached hydrogens (tertiary/aromatic N) is 1. The standard InChI is InChI=1S/C29H31N3O5S/c1-2-28(34)31-25-18-26(20-33)32(19-25)38(36,37)27-14-12-24(13-15-27)29(35)30-17-16-21-8-10-23(11-9-21)22-6-4-3-5-7-22/h2-15,25-26,33H,1,16-20H2,(H,30,35)(H,31,34). The molecular formula is C29H31N3O5S. The summed E-state index contributed by atoms with van der Waals surface area (Å²) in [5.41, 5.74) is 3.72. The van der Waals surface area contributed by atoms with Gasteiger partial charge in [-0.25, -0.2) is 8.42 Å². The SMILES string of the molecule is C=CC(=O)NC1CC(CO)N(S(=O)(=O)c2ccc(C(=O)NCCc3ccc(-c4ccccc4)cc3)cc2)C1. The third kappa shape index (κ3) is 6.36. The number of sulfonamides is 1. The Kier molecular flexibility index (Phi) is 8.73. The van der Waals surface area contributed by atoms with Gasteiger partial charge in [-0.2, -0.15) is 4.31 Å². The smallest absolute Gasteiger partial charge is 0.251 e. The van der Waals surface area contributed by atoms with Crippen molar-refractivity contribution in [2.75, 3.05) is 19.7 Å². The van der Waals surface area contributed by atoms with Crippen LogP contribution in [0.1, 0.15) is 22.3 Å². The zero-order valence-corrected chi connectivity index (χ0v) is 21.7. The summed E-state index contributed by atoms with van der Waals surface area (Å²) < 4.78 is 27.6. The molecule has 1 aliphatic heterocycles. The molecule has 2 amide bonds. The van der Waals surface area contributed by atoms with Crippen LogP contribution in [0.4, 0.5) is 0 Å². The first-order chi connectivity index (χ1) is 18.3. The Hall–Kier alpha value is -3.79. The molecule has 198 valence electrons. The van der Waals surface area contributed by atoms with Gasteiger partial charge in [-0.3, -0.25) is 9.59 Å². The number of carbonyl (C=O) groups is 2. The average molecular weight is 534 g/mol. The van der Waals surface area contributed by atoms with Gasteiger partial charge in [0, 0.05) is 24.7 Å². The molecule has 0 spiro atoms. The van der Waals surface area contributed by atoms with Gasteiger partial charge in [-0.05, 0) is 59.9 Å². The molecule has 9 heteroatoms. The Morgan fingerprint density at radius 2 is 1.63 bits per heavy atom. The predicted molar refractivity (Wildman–Crippen MR) is 146 cm³/mol. The number of rotatable bonds is 10. The highest BCUT2D eigenvalue weighted by Gasteiger charge is 2.40. The molecule has 3 aromatic carbocycles. The third-order valence-electron chi connectivity index (χ3n) is 6.59. The lowest BCUT2D eigenvalue weighted by Gasteiger charge is -2.22. The van der Waals surface area contributed by atoms with Crippen molar-refractivity contribution in [3.8, 4) is 11.1 Å². The molecule has 0 bridgehead atoms. The molecule has 0 radical (unpaired) electrons. The molecular weight excluding hydrogens is 502 g/mol. The van der Waals surface area contributed by atoms with Crippen molar-refractivity contribution in [1.82, 2.24) is 14.9 Å². The van der Waals surface area contributed by atoms with Crippen LogP contribution < -0.4 is 10.6 Å². The van der Waals surface area contributed by atoms with E-state index < -0.39 is 28.0 Å². The van der Waals surface area contributed by atoms with E-state index in [9.17, 15) is 23.1 Å². The Bertz CT molecular complexity index is 1370. The zero-order valence-electron chi connectivity index (χ0n) is 20.9. The van der Waals surface area contributed by atoms with E-state index in [0.29, 0.717) is 24.9 Å². The molecule has 1 heterocycles. The van der Waals surface area contributed by atoms with E-state index in [2.05, 4.69) is 41.5 Å². The molecule has 38 heavy (non-hydrogen) atoms. The van der Waals surface area contributed by atoms with Gasteiger partial charge < -0.3 is 15.7 Å². The molecule has 0 saturated carbocycles. The number of aliphatic hydroxyl groups is 1. The van der Waals surface area contributed by atoms with Gasteiger partial charge in [-0.15, -0.1) is 0 Å². The average Bonchev–Trinajstić information content (AvgIpc) is 3.37. The molecule has 4 rings (SSSR count). The Labute approximate surface area is 223 Å². The van der Waals surface area contributed by atoms with Crippen molar-refractivity contribution in [2.24, 2.45) is 0 Å². The van der Waals surface area contributed by atoms with Crippen LogP contribution in [-0.4, -0.2) is 61.4 Å². The number of aliphatic hydroxyl groups excluding tert-OH is 1. The minimum atomic E-state index is -3.93. The molecule has 1 fully saturated rings. The molecule has 2 unspecified atom stereocenters. The van der Waals surface area contributed by atoms with Crippen LogP contribution in [0, 0.1) is 0 Å². The summed E-state index contributed by atoms with van der Waals surface area (Å²) in [5.74, 6) is -0.693. The first kappa shape index (κ1) is 27.3. The maximum absolute atomic E-state index is 13.2. The minimum absolute atomic E-state index is 0.0155. The van der Waals surface area contributed by atoms with Crippen molar-refractivity contribution in [2.45, 2.75) is 29.8 Å². The summed E-state index contributed by atoms with van der Waals surface area (Å²) in [7, 11) is -3.93. The van der Waals surface area contributed by atoms with Gasteiger partial charge in [0.1, 0.15) is 0 Å². The van der Waals surface area contributed by atoms with E-state index in [1.165, 1.54) is 28.6 Å². The summed E-state index contributed by atoms with van der Waals surface area (Å²) in [5, 5.41) is 15.3. The monoisotopic (exact) mass is 533 g/mol. The highest BCUT2D eigenvalue weighted by Crippen LogP contribution is 2.26. The number of hydrogen-bond acceptors (Lipinski definition) is 5. The lowest BCUT2D eigenvalue weighted by Crippen LogP contribution is -2.39. The highest BCUT2D eigenvalue weighted by molar-refractivity contribution is 7.89. The molecule has 0 aliphatic carbocycles. The predicted octanol–water partition coefficient (Wildman–Crippen LogP) is 2.75. The first-order valence-electron chi connectivity index (χ1n) is 12.4. The van der Waals surface area contributed by atoms with Crippen LogP contribution in [0.3, 0.4) is 0 Å².